The number of rotatable bonds is 4. The third kappa shape index (κ3) is 3.83. The van der Waals surface area contributed by atoms with Crippen molar-refractivity contribution in [2.45, 2.75) is 47.1 Å². The Bertz CT molecular complexity index is 512. The molecule has 0 saturated heterocycles. The zero-order valence-electron chi connectivity index (χ0n) is 12.7. The zero-order valence-corrected chi connectivity index (χ0v) is 12.7. The Morgan fingerprint density at radius 1 is 1.25 bits per heavy atom. The second kappa shape index (κ2) is 6.07. The lowest BCUT2D eigenvalue weighted by atomic mass is 9.87. The van der Waals surface area contributed by atoms with E-state index >= 15 is 0 Å². The van der Waals surface area contributed by atoms with E-state index in [-0.39, 0.29) is 22.6 Å². The van der Waals surface area contributed by atoms with Gasteiger partial charge in [-0.15, -0.1) is 0 Å². The van der Waals surface area contributed by atoms with Crippen LogP contribution in [0.4, 0.5) is 0 Å². The van der Waals surface area contributed by atoms with Crippen LogP contribution in [-0.4, -0.2) is 23.1 Å². The molecule has 0 aliphatic rings. The second-order valence-electron chi connectivity index (χ2n) is 6.02. The van der Waals surface area contributed by atoms with Gasteiger partial charge in [0.1, 0.15) is 6.10 Å². The van der Waals surface area contributed by atoms with Crippen LogP contribution in [0.5, 0.6) is 0 Å². The summed E-state index contributed by atoms with van der Waals surface area (Å²) >= 11 is 0. The van der Waals surface area contributed by atoms with Crippen LogP contribution in [0.3, 0.4) is 0 Å². The first-order valence-corrected chi connectivity index (χ1v) is 6.71. The molecule has 110 valence electrons. The van der Waals surface area contributed by atoms with Crippen molar-refractivity contribution in [3.05, 3.63) is 34.9 Å². The van der Waals surface area contributed by atoms with E-state index in [1.807, 2.05) is 27.7 Å². The first kappa shape index (κ1) is 16.2. The number of hydrogen-bond acceptors (Lipinski definition) is 3. The Morgan fingerprint density at radius 3 is 2.30 bits per heavy atom. The number of carbonyl (C=O) groups is 2. The van der Waals surface area contributed by atoms with Crippen LogP contribution in [0.2, 0.25) is 0 Å². The Labute approximate surface area is 119 Å². The van der Waals surface area contributed by atoms with E-state index in [0.29, 0.717) is 6.42 Å². The van der Waals surface area contributed by atoms with Crippen molar-refractivity contribution in [2.75, 3.05) is 0 Å². The molecule has 4 heteroatoms. The fraction of sp³-hybridized carbons (Fsp3) is 0.500. The van der Waals surface area contributed by atoms with Gasteiger partial charge < -0.3 is 9.84 Å². The van der Waals surface area contributed by atoms with Gasteiger partial charge in [-0.3, -0.25) is 0 Å². The quantitative estimate of drug-likeness (QED) is 0.853. The van der Waals surface area contributed by atoms with Crippen molar-refractivity contribution in [1.29, 1.82) is 0 Å². The molecule has 0 aliphatic heterocycles. The van der Waals surface area contributed by atoms with Crippen LogP contribution in [0.25, 0.3) is 0 Å². The third-order valence-corrected chi connectivity index (χ3v) is 3.21. The summed E-state index contributed by atoms with van der Waals surface area (Å²) in [6.07, 6.45) is 0.432. The standard InChI is InChI=1S/C16H22O4/c1-6-13(16(3,4)5)20-15(19)11-8-7-10(2)9-12(11)14(17)18/h7-9,13H,6H2,1-5H3,(H,17,18). The number of carboxylic acids is 1. The molecule has 0 aliphatic carbocycles. The molecule has 0 spiro atoms. The third-order valence-electron chi connectivity index (χ3n) is 3.21. The van der Waals surface area contributed by atoms with E-state index < -0.39 is 11.9 Å². The number of hydrogen-bond donors (Lipinski definition) is 1. The number of esters is 1. The van der Waals surface area contributed by atoms with Gasteiger partial charge >= 0.3 is 11.9 Å². The van der Waals surface area contributed by atoms with E-state index in [0.717, 1.165) is 5.56 Å². The molecular formula is C16H22O4. The topological polar surface area (TPSA) is 63.6 Å². The molecular weight excluding hydrogens is 256 g/mol. The van der Waals surface area contributed by atoms with Gasteiger partial charge in [-0.25, -0.2) is 9.59 Å². The maximum absolute atomic E-state index is 12.2. The zero-order chi connectivity index (χ0) is 15.5. The highest BCUT2D eigenvalue weighted by molar-refractivity contribution is 6.02. The van der Waals surface area contributed by atoms with Crippen molar-refractivity contribution in [3.8, 4) is 0 Å². The van der Waals surface area contributed by atoms with Crippen LogP contribution in [0, 0.1) is 12.3 Å². The molecule has 1 aromatic rings. The number of aryl methyl sites for hydroxylation is 1. The van der Waals surface area contributed by atoms with Gasteiger partial charge in [-0.05, 0) is 30.9 Å². The predicted octanol–water partition coefficient (Wildman–Crippen LogP) is 3.67. The second-order valence-corrected chi connectivity index (χ2v) is 6.02. The Hall–Kier alpha value is -1.84. The molecule has 0 heterocycles. The van der Waals surface area contributed by atoms with Gasteiger partial charge in [-0.1, -0.05) is 39.3 Å². The van der Waals surface area contributed by atoms with E-state index in [1.165, 1.54) is 12.1 Å². The molecule has 0 saturated carbocycles. The summed E-state index contributed by atoms with van der Waals surface area (Å²) in [4.78, 5) is 23.4. The molecule has 20 heavy (non-hydrogen) atoms. The SMILES string of the molecule is CCC(OC(=O)c1ccc(C)cc1C(=O)O)C(C)(C)C. The first-order valence-electron chi connectivity index (χ1n) is 6.71. The Morgan fingerprint density at radius 2 is 1.85 bits per heavy atom. The van der Waals surface area contributed by atoms with Gasteiger partial charge in [0, 0.05) is 0 Å². The van der Waals surface area contributed by atoms with E-state index in [1.54, 1.807) is 13.0 Å². The summed E-state index contributed by atoms with van der Waals surface area (Å²) in [6.45, 7) is 9.69. The molecule has 0 amide bonds. The summed E-state index contributed by atoms with van der Waals surface area (Å²) in [7, 11) is 0. The summed E-state index contributed by atoms with van der Waals surface area (Å²) in [5.41, 5.74) is 0.699. The summed E-state index contributed by atoms with van der Waals surface area (Å²) < 4.78 is 5.48. The fourth-order valence-electron chi connectivity index (χ4n) is 2.08. The number of ether oxygens (including phenoxy) is 1. The van der Waals surface area contributed by atoms with E-state index in [4.69, 9.17) is 4.74 Å². The normalized spacial score (nSPS) is 12.8. The molecule has 1 N–H and O–H groups in total. The lowest BCUT2D eigenvalue weighted by Gasteiger charge is -2.29. The fourth-order valence-corrected chi connectivity index (χ4v) is 2.08. The molecule has 0 fully saturated rings. The molecule has 1 rings (SSSR count). The van der Waals surface area contributed by atoms with Gasteiger partial charge in [0.2, 0.25) is 0 Å². The minimum Gasteiger partial charge on any atom is -0.478 e. The Balaban J connectivity index is 3.07. The molecule has 0 aromatic heterocycles. The largest absolute Gasteiger partial charge is 0.478 e. The lowest BCUT2D eigenvalue weighted by Crippen LogP contribution is -2.31. The van der Waals surface area contributed by atoms with Crippen LogP contribution >= 0.6 is 0 Å². The maximum Gasteiger partial charge on any atom is 0.339 e. The minimum atomic E-state index is -1.12. The highest BCUT2D eigenvalue weighted by atomic mass is 16.5. The highest BCUT2D eigenvalue weighted by Gasteiger charge is 2.28. The van der Waals surface area contributed by atoms with Crippen molar-refractivity contribution >= 4 is 11.9 Å². The molecule has 0 bridgehead atoms. The highest BCUT2D eigenvalue weighted by Crippen LogP contribution is 2.26. The van der Waals surface area contributed by atoms with Gasteiger partial charge in [-0.2, -0.15) is 0 Å². The predicted molar refractivity (Wildman–Crippen MR) is 77.1 cm³/mol. The van der Waals surface area contributed by atoms with Crippen molar-refractivity contribution < 1.29 is 19.4 Å². The number of carbonyl (C=O) groups excluding carboxylic acids is 1. The molecule has 4 nitrogen and oxygen atoms in total. The molecule has 1 atom stereocenters. The monoisotopic (exact) mass is 278 g/mol. The van der Waals surface area contributed by atoms with Gasteiger partial charge in [0.25, 0.3) is 0 Å². The van der Waals surface area contributed by atoms with Gasteiger partial charge in [0.15, 0.2) is 0 Å². The molecule has 0 radical (unpaired) electrons. The summed E-state index contributed by atoms with van der Waals surface area (Å²) in [5, 5.41) is 9.18. The van der Waals surface area contributed by atoms with Crippen LogP contribution in [0.15, 0.2) is 18.2 Å². The number of benzene rings is 1. The van der Waals surface area contributed by atoms with E-state index in [9.17, 15) is 14.7 Å². The number of aromatic carboxylic acids is 1. The summed E-state index contributed by atoms with van der Waals surface area (Å²) in [6, 6.07) is 4.70. The van der Waals surface area contributed by atoms with Crippen molar-refractivity contribution in [3.63, 3.8) is 0 Å². The van der Waals surface area contributed by atoms with Crippen molar-refractivity contribution in [1.82, 2.24) is 0 Å². The average Bonchev–Trinajstić information content (AvgIpc) is 2.33. The molecule has 1 unspecified atom stereocenters. The van der Waals surface area contributed by atoms with Crippen LogP contribution < -0.4 is 0 Å². The van der Waals surface area contributed by atoms with Gasteiger partial charge in [0.05, 0.1) is 11.1 Å². The number of carboxylic acid groups (broad SMARTS) is 1. The van der Waals surface area contributed by atoms with Crippen molar-refractivity contribution in [2.24, 2.45) is 5.41 Å². The average molecular weight is 278 g/mol. The minimum absolute atomic E-state index is 0.0150. The lowest BCUT2D eigenvalue weighted by molar-refractivity contribution is -0.00428. The molecule has 1 aromatic carbocycles. The maximum atomic E-state index is 12.2. The van der Waals surface area contributed by atoms with Crippen LogP contribution in [-0.2, 0) is 4.74 Å². The van der Waals surface area contributed by atoms with E-state index in [2.05, 4.69) is 0 Å². The Kier molecular flexibility index (Phi) is 4.93. The smallest absolute Gasteiger partial charge is 0.339 e. The summed E-state index contributed by atoms with van der Waals surface area (Å²) in [5.74, 6) is -1.70. The first-order chi connectivity index (χ1) is 9.16. The van der Waals surface area contributed by atoms with Crippen LogP contribution in [0.1, 0.15) is 60.4 Å².